The van der Waals surface area contributed by atoms with Crippen molar-refractivity contribution in [2.75, 3.05) is 6.54 Å². The van der Waals surface area contributed by atoms with Crippen LogP contribution in [0.1, 0.15) is 40.5 Å². The summed E-state index contributed by atoms with van der Waals surface area (Å²) in [5, 5.41) is 3.29. The molecule has 15 heavy (non-hydrogen) atoms. The zero-order valence-corrected chi connectivity index (χ0v) is 10.2. The molecular formula is C12H23NO2. The fraction of sp³-hybridized carbons (Fsp3) is 0.917. The molecule has 3 nitrogen and oxygen atoms in total. The second-order valence-electron chi connectivity index (χ2n) is 4.94. The van der Waals surface area contributed by atoms with Crippen LogP contribution < -0.4 is 5.32 Å². The molecule has 3 unspecified atom stereocenters. The quantitative estimate of drug-likeness (QED) is 0.725. The monoisotopic (exact) mass is 213 g/mol. The molecule has 88 valence electrons. The fourth-order valence-electron chi connectivity index (χ4n) is 2.17. The number of esters is 1. The molecule has 1 rings (SSSR count). The number of nitrogens with one attached hydrogen (secondary N) is 1. The summed E-state index contributed by atoms with van der Waals surface area (Å²) >= 11 is 0. The van der Waals surface area contributed by atoms with Crippen LogP contribution in [0.2, 0.25) is 0 Å². The topological polar surface area (TPSA) is 38.3 Å². The summed E-state index contributed by atoms with van der Waals surface area (Å²) in [5.74, 6) is 1.29. The molecule has 0 radical (unpaired) electrons. The smallest absolute Gasteiger partial charge is 0.320 e. The van der Waals surface area contributed by atoms with E-state index in [0.29, 0.717) is 18.5 Å². The van der Waals surface area contributed by atoms with Gasteiger partial charge in [0.05, 0.1) is 12.6 Å². The van der Waals surface area contributed by atoms with E-state index < -0.39 is 0 Å². The summed E-state index contributed by atoms with van der Waals surface area (Å²) in [6.07, 6.45) is 2.43. The van der Waals surface area contributed by atoms with Crippen LogP contribution in [0, 0.1) is 11.8 Å². The van der Waals surface area contributed by atoms with Crippen LogP contribution in [0.4, 0.5) is 0 Å². The summed E-state index contributed by atoms with van der Waals surface area (Å²) in [6, 6.07) is 0.486. The highest BCUT2D eigenvalue weighted by Crippen LogP contribution is 2.30. The molecule has 0 spiro atoms. The maximum absolute atomic E-state index is 11.3. The maximum atomic E-state index is 11.3. The largest absolute Gasteiger partial charge is 0.462 e. The first-order valence-electron chi connectivity index (χ1n) is 5.93. The summed E-state index contributed by atoms with van der Waals surface area (Å²) in [4.78, 5) is 11.3. The van der Waals surface area contributed by atoms with Gasteiger partial charge in [-0.3, -0.25) is 4.79 Å². The summed E-state index contributed by atoms with van der Waals surface area (Å²) < 4.78 is 5.07. The van der Waals surface area contributed by atoms with Gasteiger partial charge in [0.1, 0.15) is 0 Å². The van der Waals surface area contributed by atoms with Crippen molar-refractivity contribution in [2.45, 2.75) is 52.7 Å². The zero-order valence-electron chi connectivity index (χ0n) is 10.2. The third kappa shape index (κ3) is 3.82. The molecule has 0 bridgehead atoms. The lowest BCUT2D eigenvalue weighted by atomic mass is 9.98. The van der Waals surface area contributed by atoms with Crippen LogP contribution in [0.25, 0.3) is 0 Å². The Hall–Kier alpha value is -0.570. The van der Waals surface area contributed by atoms with Gasteiger partial charge in [0.25, 0.3) is 0 Å². The van der Waals surface area contributed by atoms with Crippen molar-refractivity contribution in [1.29, 1.82) is 0 Å². The average Bonchev–Trinajstić information content (AvgIpc) is 2.44. The van der Waals surface area contributed by atoms with E-state index >= 15 is 0 Å². The van der Waals surface area contributed by atoms with E-state index in [1.54, 1.807) is 0 Å². The molecule has 1 aliphatic carbocycles. The van der Waals surface area contributed by atoms with E-state index in [2.05, 4.69) is 19.2 Å². The van der Waals surface area contributed by atoms with Gasteiger partial charge in [0.2, 0.25) is 0 Å². The number of hydrogen-bond acceptors (Lipinski definition) is 3. The Bertz CT molecular complexity index is 216. The second kappa shape index (κ2) is 5.50. The Morgan fingerprint density at radius 1 is 1.40 bits per heavy atom. The third-order valence-corrected chi connectivity index (χ3v) is 3.34. The Labute approximate surface area is 92.6 Å². The van der Waals surface area contributed by atoms with Crippen molar-refractivity contribution < 1.29 is 9.53 Å². The molecule has 0 aromatic carbocycles. The molecule has 0 heterocycles. The van der Waals surface area contributed by atoms with E-state index in [9.17, 15) is 4.79 Å². The van der Waals surface area contributed by atoms with Gasteiger partial charge < -0.3 is 10.1 Å². The summed E-state index contributed by atoms with van der Waals surface area (Å²) in [7, 11) is 0. The number of rotatable bonds is 4. The molecular weight excluding hydrogens is 190 g/mol. The Balaban J connectivity index is 2.23. The zero-order chi connectivity index (χ0) is 11.4. The third-order valence-electron chi connectivity index (χ3n) is 3.34. The lowest BCUT2D eigenvalue weighted by molar-refractivity contribution is -0.146. The normalized spacial score (nSPS) is 30.9. The van der Waals surface area contributed by atoms with Gasteiger partial charge in [0.15, 0.2) is 0 Å². The van der Waals surface area contributed by atoms with Crippen molar-refractivity contribution in [2.24, 2.45) is 11.8 Å². The van der Waals surface area contributed by atoms with E-state index in [1.165, 1.54) is 12.8 Å². The Morgan fingerprint density at radius 3 is 2.53 bits per heavy atom. The molecule has 1 fully saturated rings. The van der Waals surface area contributed by atoms with Gasteiger partial charge in [-0.15, -0.1) is 0 Å². The number of ether oxygens (including phenoxy) is 1. The van der Waals surface area contributed by atoms with Crippen LogP contribution in [0.15, 0.2) is 0 Å². The van der Waals surface area contributed by atoms with Gasteiger partial charge in [0, 0.05) is 6.04 Å². The minimum atomic E-state index is -0.142. The molecule has 0 amide bonds. The maximum Gasteiger partial charge on any atom is 0.320 e. The molecule has 1 N–H and O–H groups in total. The minimum Gasteiger partial charge on any atom is -0.462 e. The highest BCUT2D eigenvalue weighted by Gasteiger charge is 2.29. The highest BCUT2D eigenvalue weighted by molar-refractivity contribution is 5.71. The second-order valence-corrected chi connectivity index (χ2v) is 4.94. The number of carbonyl (C=O) groups excluding carboxylic acids is 1. The van der Waals surface area contributed by atoms with Gasteiger partial charge in [-0.1, -0.05) is 13.8 Å². The molecule has 0 aliphatic heterocycles. The van der Waals surface area contributed by atoms with Crippen molar-refractivity contribution in [3.05, 3.63) is 0 Å². The Morgan fingerprint density at radius 2 is 2.07 bits per heavy atom. The Kier molecular flexibility index (Phi) is 4.58. The van der Waals surface area contributed by atoms with E-state index in [4.69, 9.17) is 4.74 Å². The SMILES string of the molecule is CC(C)OC(=O)CNC1CCC(C)C1C. The van der Waals surface area contributed by atoms with Gasteiger partial charge in [-0.25, -0.2) is 0 Å². The van der Waals surface area contributed by atoms with Crippen LogP contribution >= 0.6 is 0 Å². The summed E-state index contributed by atoms with van der Waals surface area (Å²) in [5.41, 5.74) is 0. The average molecular weight is 213 g/mol. The highest BCUT2D eigenvalue weighted by atomic mass is 16.5. The van der Waals surface area contributed by atoms with Crippen LogP contribution in [-0.2, 0) is 9.53 Å². The fourth-order valence-corrected chi connectivity index (χ4v) is 2.17. The number of carbonyl (C=O) groups is 1. The predicted molar refractivity (Wildman–Crippen MR) is 60.6 cm³/mol. The van der Waals surface area contributed by atoms with Crippen molar-refractivity contribution in [3.63, 3.8) is 0 Å². The molecule has 1 saturated carbocycles. The van der Waals surface area contributed by atoms with E-state index in [0.717, 1.165) is 5.92 Å². The first kappa shape index (κ1) is 12.5. The van der Waals surface area contributed by atoms with E-state index in [-0.39, 0.29) is 12.1 Å². The molecule has 0 aromatic heterocycles. The van der Waals surface area contributed by atoms with Gasteiger partial charge in [-0.2, -0.15) is 0 Å². The van der Waals surface area contributed by atoms with Crippen molar-refractivity contribution in [3.8, 4) is 0 Å². The van der Waals surface area contributed by atoms with Gasteiger partial charge in [-0.05, 0) is 38.5 Å². The molecule has 3 heteroatoms. The molecule has 1 aliphatic rings. The lowest BCUT2D eigenvalue weighted by Crippen LogP contribution is -2.37. The first-order valence-corrected chi connectivity index (χ1v) is 5.93. The number of hydrogen-bond donors (Lipinski definition) is 1. The first-order chi connectivity index (χ1) is 7.00. The molecule has 0 aromatic rings. The van der Waals surface area contributed by atoms with Crippen molar-refractivity contribution >= 4 is 5.97 Å². The van der Waals surface area contributed by atoms with Crippen molar-refractivity contribution in [1.82, 2.24) is 5.32 Å². The standard InChI is InChI=1S/C12H23NO2/c1-8(2)15-12(14)7-13-11-6-5-9(3)10(11)4/h8-11,13H,5-7H2,1-4H3. The lowest BCUT2D eigenvalue weighted by Gasteiger charge is -2.19. The van der Waals surface area contributed by atoms with Crippen LogP contribution in [0.3, 0.4) is 0 Å². The summed E-state index contributed by atoms with van der Waals surface area (Å²) in [6.45, 7) is 8.62. The molecule has 0 saturated heterocycles. The predicted octanol–water partition coefficient (Wildman–Crippen LogP) is 1.96. The van der Waals surface area contributed by atoms with Gasteiger partial charge >= 0.3 is 5.97 Å². The van der Waals surface area contributed by atoms with Crippen LogP contribution in [-0.4, -0.2) is 24.7 Å². The minimum absolute atomic E-state index is 0.0146. The molecule has 3 atom stereocenters. The van der Waals surface area contributed by atoms with Crippen LogP contribution in [0.5, 0.6) is 0 Å². The van der Waals surface area contributed by atoms with E-state index in [1.807, 2.05) is 13.8 Å².